The molecule has 2 rings (SSSR count). The predicted octanol–water partition coefficient (Wildman–Crippen LogP) is 5.89. The molecular formula is C19H24Cl3NO2. The zero-order valence-corrected chi connectivity index (χ0v) is 17.0. The average Bonchev–Trinajstić information content (AvgIpc) is 2.60. The largest absolute Gasteiger partial charge is 0.493 e. The van der Waals surface area contributed by atoms with Crippen LogP contribution in [-0.4, -0.2) is 13.2 Å². The lowest BCUT2D eigenvalue weighted by atomic mass is 10.1. The zero-order valence-electron chi connectivity index (χ0n) is 14.6. The SMILES string of the molecule is CCC(C)NCc1ccc(OCc2ccc(Cl)c(Cl)c2)c(OC)c1.Cl. The van der Waals surface area contributed by atoms with Crippen LogP contribution in [0.25, 0.3) is 0 Å². The van der Waals surface area contributed by atoms with Crippen LogP contribution in [0.15, 0.2) is 36.4 Å². The van der Waals surface area contributed by atoms with E-state index in [1.54, 1.807) is 19.2 Å². The molecule has 6 heteroatoms. The van der Waals surface area contributed by atoms with Crippen LogP contribution in [0.3, 0.4) is 0 Å². The van der Waals surface area contributed by atoms with E-state index in [4.69, 9.17) is 32.7 Å². The second-order valence-electron chi connectivity index (χ2n) is 5.71. The smallest absolute Gasteiger partial charge is 0.161 e. The van der Waals surface area contributed by atoms with Crippen LogP contribution in [0.4, 0.5) is 0 Å². The van der Waals surface area contributed by atoms with Gasteiger partial charge in [-0.2, -0.15) is 0 Å². The number of methoxy groups -OCH3 is 1. The summed E-state index contributed by atoms with van der Waals surface area (Å²) in [5, 5.41) is 4.53. The number of nitrogens with one attached hydrogen (secondary N) is 1. The van der Waals surface area contributed by atoms with Gasteiger partial charge in [0.15, 0.2) is 11.5 Å². The minimum Gasteiger partial charge on any atom is -0.493 e. The van der Waals surface area contributed by atoms with E-state index < -0.39 is 0 Å². The normalized spacial score (nSPS) is 11.6. The highest BCUT2D eigenvalue weighted by molar-refractivity contribution is 6.42. The fourth-order valence-electron chi connectivity index (χ4n) is 2.17. The van der Waals surface area contributed by atoms with Crippen LogP contribution < -0.4 is 14.8 Å². The van der Waals surface area contributed by atoms with Gasteiger partial charge in [0, 0.05) is 12.6 Å². The molecule has 25 heavy (non-hydrogen) atoms. The quantitative estimate of drug-likeness (QED) is 0.595. The van der Waals surface area contributed by atoms with Gasteiger partial charge in [-0.1, -0.05) is 42.3 Å². The molecule has 0 aliphatic heterocycles. The summed E-state index contributed by atoms with van der Waals surface area (Å²) >= 11 is 12.0. The second kappa shape index (κ2) is 10.8. The van der Waals surface area contributed by atoms with Crippen LogP contribution in [0.2, 0.25) is 10.0 Å². The summed E-state index contributed by atoms with van der Waals surface area (Å²) in [7, 11) is 1.65. The van der Waals surface area contributed by atoms with Crippen molar-refractivity contribution in [3.8, 4) is 11.5 Å². The molecule has 0 heterocycles. The molecule has 3 nitrogen and oxygen atoms in total. The third-order valence-corrected chi connectivity index (χ3v) is 4.61. The van der Waals surface area contributed by atoms with Crippen molar-refractivity contribution < 1.29 is 9.47 Å². The van der Waals surface area contributed by atoms with Crippen molar-refractivity contribution in [1.29, 1.82) is 0 Å². The van der Waals surface area contributed by atoms with Gasteiger partial charge < -0.3 is 14.8 Å². The number of hydrogen-bond donors (Lipinski definition) is 1. The molecule has 0 amide bonds. The Kier molecular flexibility index (Phi) is 9.44. The fraction of sp³-hybridized carbons (Fsp3) is 0.368. The van der Waals surface area contributed by atoms with Crippen LogP contribution in [-0.2, 0) is 13.2 Å². The summed E-state index contributed by atoms with van der Waals surface area (Å²) in [6.07, 6.45) is 1.10. The van der Waals surface area contributed by atoms with E-state index in [2.05, 4.69) is 19.2 Å². The molecule has 0 spiro atoms. The molecule has 2 aromatic carbocycles. The van der Waals surface area contributed by atoms with Crippen molar-refractivity contribution in [3.05, 3.63) is 57.6 Å². The lowest BCUT2D eigenvalue weighted by Gasteiger charge is -2.14. The number of halogens is 3. The molecule has 1 N–H and O–H groups in total. The average molecular weight is 405 g/mol. The maximum Gasteiger partial charge on any atom is 0.161 e. The molecule has 0 aliphatic carbocycles. The highest BCUT2D eigenvalue weighted by Gasteiger charge is 2.08. The van der Waals surface area contributed by atoms with E-state index in [1.807, 2.05) is 24.3 Å². The number of rotatable bonds is 8. The minimum atomic E-state index is 0. The van der Waals surface area contributed by atoms with Gasteiger partial charge in [-0.05, 0) is 48.7 Å². The lowest BCUT2D eigenvalue weighted by Crippen LogP contribution is -2.24. The maximum atomic E-state index is 6.03. The highest BCUT2D eigenvalue weighted by atomic mass is 35.5. The van der Waals surface area contributed by atoms with Gasteiger partial charge in [0.25, 0.3) is 0 Å². The van der Waals surface area contributed by atoms with E-state index in [-0.39, 0.29) is 12.4 Å². The van der Waals surface area contributed by atoms with Gasteiger partial charge in [-0.15, -0.1) is 12.4 Å². The lowest BCUT2D eigenvalue weighted by molar-refractivity contribution is 0.284. The van der Waals surface area contributed by atoms with E-state index in [1.165, 1.54) is 0 Å². The Morgan fingerprint density at radius 2 is 1.72 bits per heavy atom. The van der Waals surface area contributed by atoms with Gasteiger partial charge in [0.2, 0.25) is 0 Å². The molecule has 138 valence electrons. The van der Waals surface area contributed by atoms with Gasteiger partial charge in [-0.25, -0.2) is 0 Å². The second-order valence-corrected chi connectivity index (χ2v) is 6.53. The van der Waals surface area contributed by atoms with E-state index >= 15 is 0 Å². The third kappa shape index (κ3) is 6.59. The number of benzene rings is 2. The first kappa shape index (κ1) is 21.9. The summed E-state index contributed by atoms with van der Waals surface area (Å²) in [5.74, 6) is 1.43. The van der Waals surface area contributed by atoms with E-state index in [0.29, 0.717) is 28.4 Å². The maximum absolute atomic E-state index is 6.03. The number of ether oxygens (including phenoxy) is 2. The standard InChI is InChI=1S/C19H23Cl2NO2.ClH/c1-4-13(2)22-11-14-6-8-18(19(10-14)23-3)24-12-15-5-7-16(20)17(21)9-15;/h5-10,13,22H,4,11-12H2,1-3H3;1H. The van der Waals surface area contributed by atoms with Crippen molar-refractivity contribution in [1.82, 2.24) is 5.32 Å². The van der Waals surface area contributed by atoms with Crippen molar-refractivity contribution in [2.45, 2.75) is 39.5 Å². The Bertz CT molecular complexity index is 680. The van der Waals surface area contributed by atoms with Crippen molar-refractivity contribution in [3.63, 3.8) is 0 Å². The summed E-state index contributed by atoms with van der Waals surface area (Å²) in [5.41, 5.74) is 2.11. The summed E-state index contributed by atoms with van der Waals surface area (Å²) in [6.45, 7) is 5.54. The Morgan fingerprint density at radius 1 is 1.00 bits per heavy atom. The van der Waals surface area contributed by atoms with Gasteiger partial charge in [-0.3, -0.25) is 0 Å². The first-order valence-corrected chi connectivity index (χ1v) is 8.76. The molecular weight excluding hydrogens is 381 g/mol. The Labute approximate surface area is 166 Å². The Hall–Kier alpha value is -1.13. The first-order valence-electron chi connectivity index (χ1n) is 8.00. The monoisotopic (exact) mass is 403 g/mol. The minimum absolute atomic E-state index is 0. The molecule has 0 radical (unpaired) electrons. The molecule has 2 aromatic rings. The molecule has 0 fully saturated rings. The Morgan fingerprint density at radius 3 is 2.36 bits per heavy atom. The van der Waals surface area contributed by atoms with Crippen molar-refractivity contribution >= 4 is 35.6 Å². The molecule has 0 saturated heterocycles. The summed E-state index contributed by atoms with van der Waals surface area (Å²) in [6, 6.07) is 11.9. The van der Waals surface area contributed by atoms with Crippen molar-refractivity contribution in [2.75, 3.05) is 7.11 Å². The van der Waals surface area contributed by atoms with Crippen molar-refractivity contribution in [2.24, 2.45) is 0 Å². The van der Waals surface area contributed by atoms with Gasteiger partial charge in [0.05, 0.1) is 17.2 Å². The van der Waals surface area contributed by atoms with Crippen LogP contribution in [0.1, 0.15) is 31.4 Å². The Balaban J connectivity index is 0.00000312. The molecule has 0 aromatic heterocycles. The van der Waals surface area contributed by atoms with Crippen LogP contribution >= 0.6 is 35.6 Å². The molecule has 0 saturated carbocycles. The molecule has 0 aliphatic rings. The molecule has 1 unspecified atom stereocenters. The topological polar surface area (TPSA) is 30.5 Å². The van der Waals surface area contributed by atoms with Gasteiger partial charge in [0.1, 0.15) is 6.61 Å². The third-order valence-electron chi connectivity index (χ3n) is 3.87. The zero-order chi connectivity index (χ0) is 17.5. The molecule has 0 bridgehead atoms. The van der Waals surface area contributed by atoms with Crippen LogP contribution in [0.5, 0.6) is 11.5 Å². The fourth-order valence-corrected chi connectivity index (χ4v) is 2.49. The van der Waals surface area contributed by atoms with Crippen LogP contribution in [0, 0.1) is 0 Å². The van der Waals surface area contributed by atoms with Gasteiger partial charge >= 0.3 is 0 Å². The van der Waals surface area contributed by atoms with E-state index in [0.717, 1.165) is 29.8 Å². The highest BCUT2D eigenvalue weighted by Crippen LogP contribution is 2.29. The van der Waals surface area contributed by atoms with E-state index in [9.17, 15) is 0 Å². The molecule has 1 atom stereocenters. The number of hydrogen-bond acceptors (Lipinski definition) is 3. The summed E-state index contributed by atoms with van der Waals surface area (Å²) in [4.78, 5) is 0. The summed E-state index contributed by atoms with van der Waals surface area (Å²) < 4.78 is 11.3. The first-order chi connectivity index (χ1) is 11.5. The predicted molar refractivity (Wildman–Crippen MR) is 108 cm³/mol.